The van der Waals surface area contributed by atoms with Crippen LogP contribution >= 0.6 is 11.3 Å². The molecule has 5 nitrogen and oxygen atoms in total. The van der Waals surface area contributed by atoms with Gasteiger partial charge in [0, 0.05) is 5.69 Å². The van der Waals surface area contributed by atoms with Crippen molar-refractivity contribution in [3.05, 3.63) is 41.5 Å². The SMILES string of the molecule is O=C(Nc1ccc(O)cc1)c1cc2scnc2[nH]1. The number of hydrogen-bond donors (Lipinski definition) is 3. The number of anilines is 1. The first kappa shape index (κ1) is 10.8. The van der Waals surface area contributed by atoms with E-state index in [0.29, 0.717) is 11.4 Å². The lowest BCUT2D eigenvalue weighted by atomic mass is 10.3. The normalized spacial score (nSPS) is 10.7. The van der Waals surface area contributed by atoms with Gasteiger partial charge in [0.05, 0.1) is 10.2 Å². The van der Waals surface area contributed by atoms with E-state index >= 15 is 0 Å². The summed E-state index contributed by atoms with van der Waals surface area (Å²) < 4.78 is 0.950. The van der Waals surface area contributed by atoms with Gasteiger partial charge in [-0.25, -0.2) is 4.98 Å². The van der Waals surface area contributed by atoms with Crippen molar-refractivity contribution in [3.63, 3.8) is 0 Å². The molecule has 3 aromatic rings. The lowest BCUT2D eigenvalue weighted by molar-refractivity contribution is 0.102. The summed E-state index contributed by atoms with van der Waals surface area (Å²) in [6.45, 7) is 0. The monoisotopic (exact) mass is 259 g/mol. The summed E-state index contributed by atoms with van der Waals surface area (Å²) in [5.41, 5.74) is 3.54. The van der Waals surface area contributed by atoms with Crippen LogP contribution in [0.5, 0.6) is 5.75 Å². The Morgan fingerprint density at radius 3 is 2.83 bits per heavy atom. The minimum Gasteiger partial charge on any atom is -0.508 e. The number of nitrogens with one attached hydrogen (secondary N) is 2. The van der Waals surface area contributed by atoms with Crippen molar-refractivity contribution in [2.45, 2.75) is 0 Å². The minimum atomic E-state index is -0.231. The number of carbonyl (C=O) groups excluding carboxylic acids is 1. The second-order valence-corrected chi connectivity index (χ2v) is 4.64. The van der Waals surface area contributed by atoms with Gasteiger partial charge in [-0.1, -0.05) is 0 Å². The third-order valence-corrected chi connectivity index (χ3v) is 3.27. The topological polar surface area (TPSA) is 78.0 Å². The molecule has 6 heteroatoms. The van der Waals surface area contributed by atoms with E-state index in [-0.39, 0.29) is 11.7 Å². The van der Waals surface area contributed by atoms with Crippen molar-refractivity contribution in [2.75, 3.05) is 5.32 Å². The highest BCUT2D eigenvalue weighted by molar-refractivity contribution is 7.16. The number of phenols is 1. The van der Waals surface area contributed by atoms with Crippen LogP contribution in [0.25, 0.3) is 10.3 Å². The number of benzene rings is 1. The van der Waals surface area contributed by atoms with Crippen LogP contribution in [0.4, 0.5) is 5.69 Å². The molecule has 0 aliphatic carbocycles. The van der Waals surface area contributed by atoms with Crippen molar-refractivity contribution in [1.29, 1.82) is 0 Å². The summed E-state index contributed by atoms with van der Waals surface area (Å²) in [6, 6.07) is 8.07. The molecule has 0 fully saturated rings. The molecule has 0 aliphatic rings. The highest BCUT2D eigenvalue weighted by atomic mass is 32.1. The summed E-state index contributed by atoms with van der Waals surface area (Å²) in [4.78, 5) is 19.0. The molecule has 0 saturated carbocycles. The van der Waals surface area contributed by atoms with Gasteiger partial charge in [0.1, 0.15) is 17.1 Å². The minimum absolute atomic E-state index is 0.164. The number of thiazole rings is 1. The fourth-order valence-corrected chi connectivity index (χ4v) is 2.28. The zero-order chi connectivity index (χ0) is 12.5. The number of hydrogen-bond acceptors (Lipinski definition) is 4. The lowest BCUT2D eigenvalue weighted by Gasteiger charge is -2.03. The molecular weight excluding hydrogens is 250 g/mol. The number of amides is 1. The van der Waals surface area contributed by atoms with Gasteiger partial charge in [-0.2, -0.15) is 0 Å². The number of rotatable bonds is 2. The van der Waals surface area contributed by atoms with E-state index in [4.69, 9.17) is 5.11 Å². The Balaban J connectivity index is 1.82. The number of aromatic hydroxyl groups is 1. The fraction of sp³-hybridized carbons (Fsp3) is 0. The molecule has 0 bridgehead atoms. The van der Waals surface area contributed by atoms with E-state index in [0.717, 1.165) is 10.3 Å². The summed E-state index contributed by atoms with van der Waals surface area (Å²) in [6.07, 6.45) is 0. The van der Waals surface area contributed by atoms with Crippen LogP contribution in [0.3, 0.4) is 0 Å². The Labute approximate surface area is 106 Å². The van der Waals surface area contributed by atoms with E-state index in [1.54, 1.807) is 23.7 Å². The predicted octanol–water partition coefficient (Wildman–Crippen LogP) is 2.58. The Morgan fingerprint density at radius 2 is 2.11 bits per heavy atom. The fourth-order valence-electron chi connectivity index (χ4n) is 1.61. The first-order chi connectivity index (χ1) is 8.72. The molecule has 0 unspecified atom stereocenters. The van der Waals surface area contributed by atoms with Gasteiger partial charge in [-0.15, -0.1) is 11.3 Å². The Hall–Kier alpha value is -2.34. The number of aromatic nitrogens is 2. The van der Waals surface area contributed by atoms with Gasteiger partial charge in [-0.3, -0.25) is 4.79 Å². The highest BCUT2D eigenvalue weighted by Crippen LogP contribution is 2.20. The van der Waals surface area contributed by atoms with E-state index in [9.17, 15) is 4.79 Å². The molecule has 0 spiro atoms. The van der Waals surface area contributed by atoms with E-state index < -0.39 is 0 Å². The molecule has 0 radical (unpaired) electrons. The molecule has 1 aromatic carbocycles. The molecule has 0 atom stereocenters. The van der Waals surface area contributed by atoms with Gasteiger partial charge >= 0.3 is 0 Å². The van der Waals surface area contributed by atoms with Crippen molar-refractivity contribution in [2.24, 2.45) is 0 Å². The second-order valence-electron chi connectivity index (χ2n) is 3.75. The van der Waals surface area contributed by atoms with Crippen LogP contribution in [-0.2, 0) is 0 Å². The molecule has 3 N–H and O–H groups in total. The number of fused-ring (bicyclic) bond motifs is 1. The van der Waals surface area contributed by atoms with Crippen molar-refractivity contribution in [3.8, 4) is 5.75 Å². The van der Waals surface area contributed by atoms with Gasteiger partial charge in [0.2, 0.25) is 0 Å². The van der Waals surface area contributed by atoms with Gasteiger partial charge in [0.15, 0.2) is 0 Å². The van der Waals surface area contributed by atoms with Crippen LogP contribution in [0.1, 0.15) is 10.5 Å². The highest BCUT2D eigenvalue weighted by Gasteiger charge is 2.10. The van der Waals surface area contributed by atoms with Crippen LogP contribution in [0.2, 0.25) is 0 Å². The first-order valence-electron chi connectivity index (χ1n) is 5.25. The van der Waals surface area contributed by atoms with E-state index in [2.05, 4.69) is 15.3 Å². The molecule has 90 valence electrons. The van der Waals surface area contributed by atoms with Crippen LogP contribution in [-0.4, -0.2) is 21.0 Å². The number of H-pyrrole nitrogens is 1. The van der Waals surface area contributed by atoms with Crippen molar-refractivity contribution < 1.29 is 9.90 Å². The quantitative estimate of drug-likeness (QED) is 0.619. The predicted molar refractivity (Wildman–Crippen MR) is 70.0 cm³/mol. The van der Waals surface area contributed by atoms with Crippen LogP contribution in [0.15, 0.2) is 35.8 Å². The Morgan fingerprint density at radius 1 is 1.33 bits per heavy atom. The number of phenolic OH excluding ortho intramolecular Hbond substituents is 1. The maximum absolute atomic E-state index is 11.9. The molecule has 2 heterocycles. The molecular formula is C12H9N3O2S. The molecule has 0 aliphatic heterocycles. The maximum atomic E-state index is 11.9. The third kappa shape index (κ3) is 1.93. The zero-order valence-electron chi connectivity index (χ0n) is 9.18. The summed E-state index contributed by atoms with van der Waals surface area (Å²) in [7, 11) is 0. The Kier molecular flexibility index (Phi) is 2.49. The molecule has 2 aromatic heterocycles. The van der Waals surface area contributed by atoms with Gasteiger partial charge < -0.3 is 15.4 Å². The number of nitrogens with zero attached hydrogens (tertiary/aromatic N) is 1. The standard InChI is InChI=1S/C12H9N3O2S/c16-8-3-1-7(2-4-8)14-12(17)9-5-10-11(15-9)13-6-18-10/h1-6,15-16H,(H,14,17). The van der Waals surface area contributed by atoms with E-state index in [1.165, 1.54) is 23.5 Å². The first-order valence-corrected chi connectivity index (χ1v) is 6.13. The molecule has 18 heavy (non-hydrogen) atoms. The van der Waals surface area contributed by atoms with Crippen molar-refractivity contribution >= 4 is 33.3 Å². The Bertz CT molecular complexity index is 671. The largest absolute Gasteiger partial charge is 0.508 e. The van der Waals surface area contributed by atoms with Crippen LogP contribution < -0.4 is 5.32 Å². The molecule has 1 amide bonds. The van der Waals surface area contributed by atoms with Crippen molar-refractivity contribution in [1.82, 2.24) is 9.97 Å². The average Bonchev–Trinajstić information content (AvgIpc) is 2.92. The lowest BCUT2D eigenvalue weighted by Crippen LogP contribution is -2.11. The zero-order valence-corrected chi connectivity index (χ0v) is 9.99. The smallest absolute Gasteiger partial charge is 0.272 e. The van der Waals surface area contributed by atoms with Gasteiger partial charge in [0.25, 0.3) is 5.91 Å². The molecule has 0 saturated heterocycles. The summed E-state index contributed by atoms with van der Waals surface area (Å²) in [5.74, 6) is -0.0662. The van der Waals surface area contributed by atoms with Crippen LogP contribution in [0, 0.1) is 0 Å². The summed E-state index contributed by atoms with van der Waals surface area (Å²) in [5, 5.41) is 11.9. The van der Waals surface area contributed by atoms with Gasteiger partial charge in [-0.05, 0) is 30.3 Å². The maximum Gasteiger partial charge on any atom is 0.272 e. The number of carbonyl (C=O) groups is 1. The number of aromatic amines is 1. The average molecular weight is 259 g/mol. The summed E-state index contributed by atoms with van der Waals surface area (Å²) >= 11 is 1.48. The third-order valence-electron chi connectivity index (χ3n) is 2.49. The molecule has 3 rings (SSSR count). The second kappa shape index (κ2) is 4.15. The van der Waals surface area contributed by atoms with E-state index in [1.807, 2.05) is 0 Å².